The minimum absolute atomic E-state index is 0.0323. The van der Waals surface area contributed by atoms with E-state index < -0.39 is 0 Å². The summed E-state index contributed by atoms with van der Waals surface area (Å²) < 4.78 is 11.0. The Morgan fingerprint density at radius 1 is 1.17 bits per heavy atom. The highest BCUT2D eigenvalue weighted by atomic mass is 16.4. The largest absolute Gasteiger partial charge is 0.459 e. The number of hydrazone groups is 1. The quantitative estimate of drug-likeness (QED) is 0.584. The van der Waals surface area contributed by atoms with Crippen LogP contribution in [0.5, 0.6) is 0 Å². The maximum Gasteiger partial charge on any atom is 0.283 e. The van der Waals surface area contributed by atoms with Crippen molar-refractivity contribution in [3.63, 3.8) is 0 Å². The normalized spacial score (nSPS) is 13.9. The molecule has 1 amide bonds. The van der Waals surface area contributed by atoms with Gasteiger partial charge in [0.15, 0.2) is 5.76 Å². The van der Waals surface area contributed by atoms with Crippen LogP contribution < -0.4 is 0 Å². The molecule has 0 aliphatic carbocycles. The predicted octanol–water partition coefficient (Wildman–Crippen LogP) is 3.18. The molecule has 8 nitrogen and oxygen atoms in total. The van der Waals surface area contributed by atoms with Crippen molar-refractivity contribution in [3.05, 3.63) is 60.2 Å². The molecule has 0 spiro atoms. The summed E-state index contributed by atoms with van der Waals surface area (Å²) >= 11 is 0. The third kappa shape index (κ3) is 4.60. The number of hydrogen-bond acceptors (Lipinski definition) is 7. The van der Waals surface area contributed by atoms with Crippen molar-refractivity contribution >= 4 is 11.6 Å². The van der Waals surface area contributed by atoms with Gasteiger partial charge in [0.05, 0.1) is 31.6 Å². The van der Waals surface area contributed by atoms with Gasteiger partial charge in [-0.2, -0.15) is 5.10 Å². The summed E-state index contributed by atoms with van der Waals surface area (Å²) in [6.45, 7) is 4.06. The lowest BCUT2D eigenvalue weighted by Gasteiger charge is -2.21. The first-order chi connectivity index (χ1) is 14.2. The van der Waals surface area contributed by atoms with Gasteiger partial charge in [-0.25, -0.2) is 5.01 Å². The molecule has 0 unspecified atom stereocenters. The number of carbonyl (C=O) groups excluding carboxylic acids is 1. The lowest BCUT2D eigenvalue weighted by Crippen LogP contribution is -2.37. The minimum atomic E-state index is -0.0323. The maximum atomic E-state index is 12.8. The van der Waals surface area contributed by atoms with E-state index in [0.29, 0.717) is 30.6 Å². The van der Waals surface area contributed by atoms with Crippen molar-refractivity contribution in [3.8, 4) is 11.7 Å². The average Bonchev–Trinajstić information content (AvgIpc) is 3.49. The highest BCUT2D eigenvalue weighted by Crippen LogP contribution is 2.19. The Labute approximate surface area is 168 Å². The predicted molar refractivity (Wildman–Crippen MR) is 107 cm³/mol. The number of carbonyl (C=O) groups is 1. The lowest BCUT2D eigenvalue weighted by atomic mass is 10.1. The maximum absolute atomic E-state index is 12.8. The fraction of sp³-hybridized carbons (Fsp3) is 0.333. The summed E-state index contributed by atoms with van der Waals surface area (Å²) in [5.74, 6) is 1.29. The van der Waals surface area contributed by atoms with E-state index in [2.05, 4.69) is 22.2 Å². The third-order valence-corrected chi connectivity index (χ3v) is 4.65. The molecule has 0 bridgehead atoms. The van der Waals surface area contributed by atoms with Crippen LogP contribution in [0.4, 0.5) is 0 Å². The molecule has 0 saturated heterocycles. The molecule has 8 heteroatoms. The van der Waals surface area contributed by atoms with Crippen LogP contribution in [0.1, 0.15) is 31.2 Å². The van der Waals surface area contributed by atoms with Crippen molar-refractivity contribution in [1.29, 1.82) is 0 Å². The monoisotopic (exact) mass is 393 g/mol. The van der Waals surface area contributed by atoms with Crippen molar-refractivity contribution < 1.29 is 13.6 Å². The van der Waals surface area contributed by atoms with Gasteiger partial charge in [0, 0.05) is 6.42 Å². The zero-order valence-corrected chi connectivity index (χ0v) is 16.3. The molecule has 2 aromatic heterocycles. The molecule has 4 rings (SSSR count). The van der Waals surface area contributed by atoms with Crippen LogP contribution >= 0.6 is 0 Å². The Bertz CT molecular complexity index is 965. The second-order valence-electron chi connectivity index (χ2n) is 6.87. The van der Waals surface area contributed by atoms with Gasteiger partial charge in [0.25, 0.3) is 11.8 Å². The van der Waals surface area contributed by atoms with E-state index in [9.17, 15) is 4.79 Å². The summed E-state index contributed by atoms with van der Waals surface area (Å²) in [5, 5.41) is 14.2. The molecule has 29 heavy (non-hydrogen) atoms. The number of amides is 1. The van der Waals surface area contributed by atoms with Gasteiger partial charge in [-0.3, -0.25) is 9.69 Å². The van der Waals surface area contributed by atoms with E-state index >= 15 is 0 Å². The Morgan fingerprint density at radius 3 is 2.79 bits per heavy atom. The molecule has 0 fully saturated rings. The van der Waals surface area contributed by atoms with Crippen LogP contribution in [0.25, 0.3) is 11.7 Å². The molecular formula is C21H23N5O3. The molecule has 3 heterocycles. The molecule has 1 aliphatic rings. The van der Waals surface area contributed by atoms with Gasteiger partial charge in [-0.15, -0.1) is 10.2 Å². The van der Waals surface area contributed by atoms with Crippen LogP contribution in [0.3, 0.4) is 0 Å². The standard InChI is InChI=1S/C21H23N5O3/c1-2-11-25(14-19-22-23-21(29-19)18-9-6-13-28-18)15-20(27)26-12-10-17(24-26)16-7-4-3-5-8-16/h3-9,13H,2,10-12,14-15H2,1H3. The van der Waals surface area contributed by atoms with E-state index in [0.717, 1.165) is 30.7 Å². The highest BCUT2D eigenvalue weighted by molar-refractivity contribution is 6.02. The Balaban J connectivity index is 1.39. The zero-order valence-electron chi connectivity index (χ0n) is 16.3. The fourth-order valence-corrected chi connectivity index (χ4v) is 3.28. The van der Waals surface area contributed by atoms with Crippen LogP contribution in [-0.4, -0.2) is 51.4 Å². The number of nitrogens with zero attached hydrogens (tertiary/aromatic N) is 5. The lowest BCUT2D eigenvalue weighted by molar-refractivity contribution is -0.132. The number of benzene rings is 1. The highest BCUT2D eigenvalue weighted by Gasteiger charge is 2.24. The molecular weight excluding hydrogens is 370 g/mol. The van der Waals surface area contributed by atoms with Gasteiger partial charge in [-0.1, -0.05) is 37.3 Å². The Hall–Kier alpha value is -3.26. The number of rotatable bonds is 8. The second kappa shape index (κ2) is 8.83. The summed E-state index contributed by atoms with van der Waals surface area (Å²) in [6, 6.07) is 13.5. The van der Waals surface area contributed by atoms with Crippen LogP contribution in [0, 0.1) is 0 Å². The number of furan rings is 1. The van der Waals surface area contributed by atoms with Crippen molar-refractivity contribution in [1.82, 2.24) is 20.1 Å². The van der Waals surface area contributed by atoms with Crippen LogP contribution in [0.15, 0.2) is 62.7 Å². The topological polar surface area (TPSA) is 88.0 Å². The summed E-state index contributed by atoms with van der Waals surface area (Å²) in [7, 11) is 0. The first kappa shape index (κ1) is 19.1. The smallest absolute Gasteiger partial charge is 0.283 e. The average molecular weight is 393 g/mol. The molecule has 1 aromatic carbocycles. The third-order valence-electron chi connectivity index (χ3n) is 4.65. The number of aromatic nitrogens is 2. The molecule has 150 valence electrons. The second-order valence-corrected chi connectivity index (χ2v) is 6.87. The first-order valence-electron chi connectivity index (χ1n) is 9.75. The van der Waals surface area contributed by atoms with E-state index in [-0.39, 0.29) is 12.5 Å². The fourth-order valence-electron chi connectivity index (χ4n) is 3.28. The molecule has 3 aromatic rings. The minimum Gasteiger partial charge on any atom is -0.459 e. The number of hydrogen-bond donors (Lipinski definition) is 0. The molecule has 0 saturated carbocycles. The van der Waals surface area contributed by atoms with E-state index in [4.69, 9.17) is 8.83 Å². The van der Waals surface area contributed by atoms with E-state index in [1.165, 1.54) is 0 Å². The van der Waals surface area contributed by atoms with Gasteiger partial charge in [-0.05, 0) is 30.7 Å². The molecule has 1 aliphatic heterocycles. The van der Waals surface area contributed by atoms with Crippen LogP contribution in [-0.2, 0) is 11.3 Å². The van der Waals surface area contributed by atoms with Gasteiger partial charge in [0.1, 0.15) is 0 Å². The first-order valence-corrected chi connectivity index (χ1v) is 9.75. The summed E-state index contributed by atoms with van der Waals surface area (Å²) in [4.78, 5) is 14.8. The Kier molecular flexibility index (Phi) is 5.81. The van der Waals surface area contributed by atoms with E-state index in [1.807, 2.05) is 35.2 Å². The SMILES string of the molecule is CCCN(CC(=O)N1CCC(c2ccccc2)=N1)Cc1nnc(-c2ccco2)o1. The summed E-state index contributed by atoms with van der Waals surface area (Å²) in [5.41, 5.74) is 2.01. The van der Waals surface area contributed by atoms with Gasteiger partial charge in [0.2, 0.25) is 5.89 Å². The van der Waals surface area contributed by atoms with E-state index in [1.54, 1.807) is 23.4 Å². The summed E-state index contributed by atoms with van der Waals surface area (Å²) in [6.07, 6.45) is 3.23. The molecule has 0 radical (unpaired) electrons. The van der Waals surface area contributed by atoms with Crippen molar-refractivity contribution in [2.75, 3.05) is 19.6 Å². The molecule has 0 N–H and O–H groups in total. The molecule has 0 atom stereocenters. The zero-order chi connectivity index (χ0) is 20.1. The van der Waals surface area contributed by atoms with Crippen molar-refractivity contribution in [2.45, 2.75) is 26.3 Å². The van der Waals surface area contributed by atoms with Crippen LogP contribution in [0.2, 0.25) is 0 Å². The Morgan fingerprint density at radius 2 is 2.03 bits per heavy atom. The van der Waals surface area contributed by atoms with Crippen molar-refractivity contribution in [2.24, 2.45) is 5.10 Å². The van der Waals surface area contributed by atoms with Gasteiger partial charge >= 0.3 is 0 Å². The van der Waals surface area contributed by atoms with Gasteiger partial charge < -0.3 is 8.83 Å².